The maximum absolute atomic E-state index is 17.1. The van der Waals surface area contributed by atoms with Crippen molar-refractivity contribution in [2.24, 2.45) is 13.0 Å². The number of carbonyl (C=O) groups excluding carboxylic acids is 3. The van der Waals surface area contributed by atoms with Crippen molar-refractivity contribution in [2.45, 2.75) is 100 Å². The summed E-state index contributed by atoms with van der Waals surface area (Å²) in [7, 11) is 1.69. The van der Waals surface area contributed by atoms with Crippen molar-refractivity contribution in [1.29, 1.82) is 0 Å². The molecule has 0 saturated carbocycles. The Balaban J connectivity index is 0.653. The summed E-state index contributed by atoms with van der Waals surface area (Å²) < 4.78 is 54.1. The third-order valence-electron chi connectivity index (χ3n) is 17.2. The minimum atomic E-state index is -0.996. The molecule has 4 atom stereocenters. The predicted molar refractivity (Wildman–Crippen MR) is 284 cm³/mol. The molecule has 3 aromatic heterocycles. The number of nitrogens with zero attached hydrogens (tertiary/aromatic N) is 9. The molecule has 6 aromatic rings. The summed E-state index contributed by atoms with van der Waals surface area (Å²) in [5.74, 6) is 1.06. The SMILES string of the molecule is C#Cc1c(F)ccc2cccc(-c3ncc4c(N5CCC[C@@](C)(O)C5)nc(OC[C@@]56CCCN5[C@H](COC(=O)N5CCC(COC7CN(c8ccc9c(c8)n(C)c(=O)n9C8CCC(=O)NC8=O)C7)CC5)CC6)nc4c3F)c12. The minimum Gasteiger partial charge on any atom is -0.461 e. The van der Waals surface area contributed by atoms with Gasteiger partial charge in [0.05, 0.1) is 45.8 Å². The van der Waals surface area contributed by atoms with Crippen molar-refractivity contribution in [3.8, 4) is 29.6 Å². The van der Waals surface area contributed by atoms with Crippen molar-refractivity contribution in [1.82, 2.24) is 39.2 Å². The van der Waals surface area contributed by atoms with Crippen LogP contribution in [0.4, 0.5) is 25.1 Å². The zero-order valence-electron chi connectivity index (χ0n) is 43.3. The number of amides is 3. The van der Waals surface area contributed by atoms with E-state index in [0.29, 0.717) is 96.7 Å². The maximum atomic E-state index is 17.1. The quantitative estimate of drug-likeness (QED) is 0.104. The summed E-state index contributed by atoms with van der Waals surface area (Å²) >= 11 is 0. The molecule has 6 fully saturated rings. The number of anilines is 2. The number of benzene rings is 3. The van der Waals surface area contributed by atoms with Crippen molar-refractivity contribution < 1.29 is 42.5 Å². The molecule has 9 heterocycles. The number of nitrogens with one attached hydrogen (secondary N) is 1. The Labute approximate surface area is 443 Å². The number of imide groups is 1. The van der Waals surface area contributed by atoms with Crippen molar-refractivity contribution in [3.05, 3.63) is 82.4 Å². The van der Waals surface area contributed by atoms with Crippen LogP contribution in [0.25, 0.3) is 44.0 Å². The molecule has 20 heteroatoms. The van der Waals surface area contributed by atoms with Gasteiger partial charge in [-0.2, -0.15) is 9.97 Å². The van der Waals surface area contributed by atoms with Crippen LogP contribution in [0, 0.1) is 29.9 Å². The number of likely N-dealkylation sites (tertiary alicyclic amines) is 1. The number of hydrogen-bond donors (Lipinski definition) is 2. The first-order valence-electron chi connectivity index (χ1n) is 26.9. The second kappa shape index (κ2) is 20.0. The lowest BCUT2D eigenvalue weighted by atomic mass is 9.95. The van der Waals surface area contributed by atoms with E-state index in [1.165, 1.54) is 16.8 Å². The summed E-state index contributed by atoms with van der Waals surface area (Å²) in [5, 5.41) is 14.9. The number of carbonyl (C=O) groups is 3. The molecule has 0 bridgehead atoms. The fraction of sp³-hybridized carbons (Fsp3) is 0.491. The number of fused-ring (bicyclic) bond motifs is 4. The van der Waals surface area contributed by atoms with Crippen LogP contribution in [0.2, 0.25) is 0 Å². The van der Waals surface area contributed by atoms with Gasteiger partial charge in [0, 0.05) is 81.6 Å². The average Bonchev–Trinajstić information content (AvgIpc) is 4.22. The fourth-order valence-electron chi connectivity index (χ4n) is 12.9. The first kappa shape index (κ1) is 50.6. The number of aliphatic hydroxyl groups is 1. The van der Waals surface area contributed by atoms with Gasteiger partial charge in [0.2, 0.25) is 11.8 Å². The normalized spacial score (nSPS) is 24.4. The summed E-state index contributed by atoms with van der Waals surface area (Å²) in [6, 6.07) is 13.1. The molecule has 0 aliphatic carbocycles. The van der Waals surface area contributed by atoms with E-state index in [1.54, 1.807) is 47.7 Å². The van der Waals surface area contributed by atoms with E-state index >= 15 is 8.78 Å². The van der Waals surface area contributed by atoms with Crippen LogP contribution in [-0.4, -0.2) is 146 Å². The second-order valence-electron chi connectivity index (χ2n) is 22.2. The number of rotatable bonds is 12. The monoisotopic (exact) mass is 1050 g/mol. The van der Waals surface area contributed by atoms with Gasteiger partial charge in [0.15, 0.2) is 5.82 Å². The lowest BCUT2D eigenvalue weighted by molar-refractivity contribution is -0.135. The van der Waals surface area contributed by atoms with Crippen LogP contribution in [0.15, 0.2) is 59.5 Å². The molecular weight excluding hydrogens is 991 g/mol. The molecule has 0 spiro atoms. The third-order valence-corrected chi connectivity index (χ3v) is 17.2. The lowest BCUT2D eigenvalue weighted by Gasteiger charge is -2.41. The predicted octanol–water partition coefficient (Wildman–Crippen LogP) is 6.22. The maximum Gasteiger partial charge on any atom is 0.409 e. The van der Waals surface area contributed by atoms with Crippen molar-refractivity contribution >= 4 is 62.1 Å². The van der Waals surface area contributed by atoms with Gasteiger partial charge in [0.1, 0.15) is 42.1 Å². The summed E-state index contributed by atoms with van der Waals surface area (Å²) in [6.45, 7) is 7.10. The standard InChI is InChI=1S/C57H62F2N10O8/c1-4-39-42(58)12-10-35-8-5-9-40(47(35)39)49-48(59)50-41(27-60-49)51(66-22-6-19-56(2,74)32-66)63-53(62-50)77-33-57-20-7-23-68(57)37(16-21-57)31-76-55(73)65-24-17-34(18-25-65)30-75-38-28-67(29-38)36-11-13-43-45(26-36)64(3)54(72)69(43)44-14-15-46(70)61-52(44)71/h1,5,8-13,26-27,34,37-38,44,74H,6-7,14-25,28-33H2,2-3H3,(H,61,70,71)/t37-,44?,56+,57-/m0/s1. The van der Waals surface area contributed by atoms with Crippen LogP contribution in [0.3, 0.4) is 0 Å². The zero-order chi connectivity index (χ0) is 53.3. The van der Waals surface area contributed by atoms with Crippen LogP contribution in [0.5, 0.6) is 6.01 Å². The van der Waals surface area contributed by atoms with E-state index < -0.39 is 29.2 Å². The number of pyridine rings is 1. The molecule has 402 valence electrons. The zero-order valence-corrected chi connectivity index (χ0v) is 43.3. The molecule has 1 unspecified atom stereocenters. The Bertz CT molecular complexity index is 3450. The number of halogens is 2. The van der Waals surface area contributed by atoms with E-state index in [4.69, 9.17) is 30.6 Å². The summed E-state index contributed by atoms with van der Waals surface area (Å²) in [5.41, 5.74) is 0.966. The van der Waals surface area contributed by atoms with Crippen LogP contribution < -0.4 is 25.5 Å². The number of β-amino-alcohol motifs (C(OH)–C–C–N with tert-alkyl or cyclic N) is 1. The number of piperidine rings is 3. The molecule has 6 saturated heterocycles. The van der Waals surface area contributed by atoms with Gasteiger partial charge >= 0.3 is 17.8 Å². The summed E-state index contributed by atoms with van der Waals surface area (Å²) in [6.07, 6.45) is 13.8. The van der Waals surface area contributed by atoms with Crippen LogP contribution in [0.1, 0.15) is 82.7 Å². The first-order chi connectivity index (χ1) is 37.2. The molecule has 2 N–H and O–H groups in total. The second-order valence-corrected chi connectivity index (χ2v) is 22.2. The molecule has 0 radical (unpaired) electrons. The first-order valence-corrected chi connectivity index (χ1v) is 26.9. The Morgan fingerprint density at radius 2 is 1.75 bits per heavy atom. The van der Waals surface area contributed by atoms with Crippen LogP contribution in [-0.2, 0) is 26.1 Å². The van der Waals surface area contributed by atoms with Gasteiger partial charge in [-0.05, 0) is 107 Å². The number of aryl methyl sites for hydroxylation is 1. The smallest absolute Gasteiger partial charge is 0.409 e. The van der Waals surface area contributed by atoms with Gasteiger partial charge in [0.25, 0.3) is 0 Å². The van der Waals surface area contributed by atoms with Gasteiger partial charge in [-0.1, -0.05) is 30.2 Å². The van der Waals surface area contributed by atoms with Gasteiger partial charge in [-0.15, -0.1) is 6.42 Å². The highest BCUT2D eigenvalue weighted by atomic mass is 19.1. The number of imidazole rings is 1. The fourth-order valence-corrected chi connectivity index (χ4v) is 12.9. The highest BCUT2D eigenvalue weighted by Crippen LogP contribution is 2.44. The van der Waals surface area contributed by atoms with E-state index in [-0.39, 0.29) is 90.8 Å². The topological polar surface area (TPSA) is 190 Å². The van der Waals surface area contributed by atoms with Crippen LogP contribution >= 0.6 is 0 Å². The Morgan fingerprint density at radius 3 is 2.55 bits per heavy atom. The van der Waals surface area contributed by atoms with Crippen molar-refractivity contribution in [3.63, 3.8) is 0 Å². The lowest BCUT2D eigenvalue weighted by Crippen LogP contribution is -2.53. The van der Waals surface area contributed by atoms with Gasteiger partial charge < -0.3 is 34.0 Å². The number of terminal acetylenes is 1. The molecule has 12 rings (SSSR count). The van der Waals surface area contributed by atoms with Crippen molar-refractivity contribution in [2.75, 3.05) is 75.4 Å². The van der Waals surface area contributed by atoms with E-state index in [1.807, 2.05) is 23.1 Å². The van der Waals surface area contributed by atoms with Gasteiger partial charge in [-0.25, -0.2) is 18.4 Å². The molecule has 77 heavy (non-hydrogen) atoms. The highest BCUT2D eigenvalue weighted by Gasteiger charge is 2.50. The summed E-state index contributed by atoms with van der Waals surface area (Å²) in [4.78, 5) is 73.5. The Hall–Kier alpha value is -7.21. The molecule has 18 nitrogen and oxygen atoms in total. The van der Waals surface area contributed by atoms with E-state index in [0.717, 1.165) is 50.8 Å². The molecule has 6 aliphatic rings. The van der Waals surface area contributed by atoms with Gasteiger partial charge in [-0.3, -0.25) is 33.9 Å². The number of aromatic nitrogens is 5. The average molecular weight is 1050 g/mol. The highest BCUT2D eigenvalue weighted by molar-refractivity contribution is 6.02. The molecular formula is C57H62F2N10O8. The molecule has 3 amide bonds. The Kier molecular flexibility index (Phi) is 13.1. The minimum absolute atomic E-state index is 0.000983. The number of hydrogen-bond acceptors (Lipinski definition) is 14. The Morgan fingerprint density at radius 1 is 0.935 bits per heavy atom. The molecule has 6 aliphatic heterocycles. The molecule has 3 aromatic carbocycles. The number of ether oxygens (including phenoxy) is 3. The van der Waals surface area contributed by atoms with E-state index in [2.05, 4.69) is 26.0 Å². The third kappa shape index (κ3) is 9.29. The van der Waals surface area contributed by atoms with E-state index in [9.17, 15) is 24.3 Å². The largest absolute Gasteiger partial charge is 0.461 e.